The Kier molecular flexibility index (Phi) is 4.91. The molecular formula is C17H24N2O4. The Morgan fingerprint density at radius 1 is 1.52 bits per heavy atom. The average molecular weight is 320 g/mol. The molecule has 0 radical (unpaired) electrons. The number of methoxy groups -OCH3 is 1. The quantitative estimate of drug-likeness (QED) is 0.883. The van der Waals surface area contributed by atoms with Gasteiger partial charge in [-0.2, -0.15) is 0 Å². The molecule has 0 aromatic heterocycles. The van der Waals surface area contributed by atoms with E-state index < -0.39 is 0 Å². The fourth-order valence-electron chi connectivity index (χ4n) is 3.31. The maximum atomic E-state index is 12.4. The number of ether oxygens (including phenoxy) is 2. The predicted octanol–water partition coefficient (Wildman–Crippen LogP) is 1.41. The molecule has 2 N–H and O–H groups in total. The number of hydrogen-bond donors (Lipinski definition) is 2. The summed E-state index contributed by atoms with van der Waals surface area (Å²) in [5.74, 6) is 1.70. The third-order valence-electron chi connectivity index (χ3n) is 4.57. The van der Waals surface area contributed by atoms with Crippen LogP contribution in [0.3, 0.4) is 0 Å². The summed E-state index contributed by atoms with van der Waals surface area (Å²) in [7, 11) is 1.63. The smallest absolute Gasteiger partial charge is 0.317 e. The SMILES string of the molecule is COc1cccc2c1OC[C@H](NC(=O)N1CCC[C@H](CO)C1)C2. The monoisotopic (exact) mass is 320 g/mol. The molecule has 1 fully saturated rings. The normalized spacial score (nSPS) is 23.7. The van der Waals surface area contributed by atoms with Gasteiger partial charge in [0.25, 0.3) is 0 Å². The molecule has 2 aliphatic heterocycles. The van der Waals surface area contributed by atoms with Crippen molar-refractivity contribution in [2.75, 3.05) is 33.4 Å². The topological polar surface area (TPSA) is 71.0 Å². The van der Waals surface area contributed by atoms with E-state index in [1.54, 1.807) is 12.0 Å². The molecule has 0 bridgehead atoms. The number of rotatable bonds is 3. The van der Waals surface area contributed by atoms with E-state index in [1.165, 1.54) is 0 Å². The lowest BCUT2D eigenvalue weighted by molar-refractivity contribution is 0.124. The van der Waals surface area contributed by atoms with Gasteiger partial charge >= 0.3 is 6.03 Å². The molecule has 2 aliphatic rings. The Balaban J connectivity index is 1.60. The highest BCUT2D eigenvalue weighted by Gasteiger charge is 2.28. The molecule has 2 atom stereocenters. The largest absolute Gasteiger partial charge is 0.493 e. The number of aliphatic hydroxyl groups excluding tert-OH is 1. The minimum atomic E-state index is -0.0666. The summed E-state index contributed by atoms with van der Waals surface area (Å²) in [5.41, 5.74) is 1.05. The molecule has 23 heavy (non-hydrogen) atoms. The highest BCUT2D eigenvalue weighted by molar-refractivity contribution is 5.74. The zero-order valence-corrected chi connectivity index (χ0v) is 13.5. The standard InChI is InChI=1S/C17H24N2O4/c1-22-15-6-2-5-13-8-14(11-23-16(13)15)18-17(21)19-7-3-4-12(9-19)10-20/h2,5-6,12,14,20H,3-4,7-11H2,1H3,(H,18,21)/t12-,14+/m0/s1. The van der Waals surface area contributed by atoms with Crippen LogP contribution in [-0.4, -0.2) is 55.5 Å². The molecule has 3 rings (SSSR count). The van der Waals surface area contributed by atoms with Gasteiger partial charge in [-0.1, -0.05) is 12.1 Å². The van der Waals surface area contributed by atoms with E-state index in [-0.39, 0.29) is 24.6 Å². The fourth-order valence-corrected chi connectivity index (χ4v) is 3.31. The van der Waals surface area contributed by atoms with Crippen molar-refractivity contribution in [2.24, 2.45) is 5.92 Å². The highest BCUT2D eigenvalue weighted by Crippen LogP contribution is 2.34. The molecule has 1 aromatic rings. The van der Waals surface area contributed by atoms with Crippen LogP contribution in [0.2, 0.25) is 0 Å². The second-order valence-corrected chi connectivity index (χ2v) is 6.25. The van der Waals surface area contributed by atoms with Crippen molar-refractivity contribution in [2.45, 2.75) is 25.3 Å². The summed E-state index contributed by atoms with van der Waals surface area (Å²) in [4.78, 5) is 14.2. The number of carbonyl (C=O) groups is 1. The maximum absolute atomic E-state index is 12.4. The van der Waals surface area contributed by atoms with Crippen molar-refractivity contribution in [3.63, 3.8) is 0 Å². The minimum Gasteiger partial charge on any atom is -0.493 e. The summed E-state index contributed by atoms with van der Waals surface area (Å²) in [5, 5.41) is 12.3. The van der Waals surface area contributed by atoms with Crippen molar-refractivity contribution >= 4 is 6.03 Å². The van der Waals surface area contributed by atoms with Crippen LogP contribution < -0.4 is 14.8 Å². The number of urea groups is 1. The highest BCUT2D eigenvalue weighted by atomic mass is 16.5. The van der Waals surface area contributed by atoms with Gasteiger partial charge in [0.2, 0.25) is 0 Å². The summed E-state index contributed by atoms with van der Waals surface area (Å²) >= 11 is 0. The number of fused-ring (bicyclic) bond motifs is 1. The van der Waals surface area contributed by atoms with Crippen molar-refractivity contribution in [3.05, 3.63) is 23.8 Å². The third kappa shape index (κ3) is 3.52. The van der Waals surface area contributed by atoms with E-state index in [0.717, 1.165) is 42.9 Å². The zero-order chi connectivity index (χ0) is 16.2. The first-order valence-electron chi connectivity index (χ1n) is 8.16. The molecule has 0 spiro atoms. The van der Waals surface area contributed by atoms with E-state index in [2.05, 4.69) is 5.32 Å². The number of amides is 2. The van der Waals surface area contributed by atoms with E-state index in [4.69, 9.17) is 9.47 Å². The molecular weight excluding hydrogens is 296 g/mol. The van der Waals surface area contributed by atoms with Gasteiger partial charge in [0.1, 0.15) is 6.61 Å². The number of nitrogens with one attached hydrogen (secondary N) is 1. The Morgan fingerprint density at radius 2 is 2.39 bits per heavy atom. The molecule has 0 unspecified atom stereocenters. The van der Waals surface area contributed by atoms with Crippen molar-refractivity contribution < 1.29 is 19.4 Å². The van der Waals surface area contributed by atoms with Crippen LogP contribution in [0.1, 0.15) is 18.4 Å². The van der Waals surface area contributed by atoms with Crippen LogP contribution >= 0.6 is 0 Å². The number of hydrogen-bond acceptors (Lipinski definition) is 4. The first-order valence-corrected chi connectivity index (χ1v) is 8.16. The lowest BCUT2D eigenvalue weighted by Crippen LogP contribution is -2.51. The van der Waals surface area contributed by atoms with E-state index in [1.807, 2.05) is 18.2 Å². The maximum Gasteiger partial charge on any atom is 0.317 e. The fraction of sp³-hybridized carbons (Fsp3) is 0.588. The summed E-state index contributed by atoms with van der Waals surface area (Å²) in [6.07, 6.45) is 2.66. The van der Waals surface area contributed by atoms with Gasteiger partial charge in [-0.3, -0.25) is 0 Å². The molecule has 6 heteroatoms. The van der Waals surface area contributed by atoms with Gasteiger partial charge in [0.15, 0.2) is 11.5 Å². The van der Waals surface area contributed by atoms with Crippen LogP contribution in [0, 0.1) is 5.92 Å². The van der Waals surface area contributed by atoms with E-state index in [0.29, 0.717) is 13.2 Å². The first-order chi connectivity index (χ1) is 11.2. The minimum absolute atomic E-state index is 0.0448. The molecule has 0 aliphatic carbocycles. The molecule has 0 saturated carbocycles. The van der Waals surface area contributed by atoms with Gasteiger partial charge in [-0.15, -0.1) is 0 Å². The lowest BCUT2D eigenvalue weighted by Gasteiger charge is -2.34. The van der Waals surface area contributed by atoms with Gasteiger partial charge < -0.3 is 24.8 Å². The number of nitrogens with zero attached hydrogens (tertiary/aromatic N) is 1. The van der Waals surface area contributed by atoms with Crippen LogP contribution in [-0.2, 0) is 6.42 Å². The van der Waals surface area contributed by atoms with Crippen LogP contribution in [0.4, 0.5) is 4.79 Å². The van der Waals surface area contributed by atoms with Gasteiger partial charge in [0, 0.05) is 25.3 Å². The average Bonchev–Trinajstić information content (AvgIpc) is 2.61. The van der Waals surface area contributed by atoms with Gasteiger partial charge in [0.05, 0.1) is 13.2 Å². The van der Waals surface area contributed by atoms with Crippen LogP contribution in [0.15, 0.2) is 18.2 Å². The predicted molar refractivity (Wildman–Crippen MR) is 85.9 cm³/mol. The molecule has 126 valence electrons. The molecule has 2 heterocycles. The van der Waals surface area contributed by atoms with Gasteiger partial charge in [-0.25, -0.2) is 4.79 Å². The van der Waals surface area contributed by atoms with E-state index in [9.17, 15) is 9.90 Å². The zero-order valence-electron chi connectivity index (χ0n) is 13.5. The second-order valence-electron chi connectivity index (χ2n) is 6.25. The summed E-state index contributed by atoms with van der Waals surface area (Å²) < 4.78 is 11.1. The van der Waals surface area contributed by atoms with E-state index >= 15 is 0 Å². The number of carbonyl (C=O) groups excluding carboxylic acids is 1. The Morgan fingerprint density at radius 3 is 3.17 bits per heavy atom. The second kappa shape index (κ2) is 7.08. The number of para-hydroxylation sites is 1. The van der Waals surface area contributed by atoms with Crippen molar-refractivity contribution in [3.8, 4) is 11.5 Å². The number of piperidine rings is 1. The van der Waals surface area contributed by atoms with Crippen LogP contribution in [0.5, 0.6) is 11.5 Å². The Hall–Kier alpha value is -1.95. The van der Waals surface area contributed by atoms with Crippen molar-refractivity contribution in [1.82, 2.24) is 10.2 Å². The van der Waals surface area contributed by atoms with Gasteiger partial charge in [-0.05, 0) is 31.2 Å². The first kappa shape index (κ1) is 15.9. The number of aliphatic hydroxyl groups is 1. The molecule has 1 saturated heterocycles. The number of benzene rings is 1. The Labute approximate surface area is 136 Å². The molecule has 1 aromatic carbocycles. The summed E-state index contributed by atoms with van der Waals surface area (Å²) in [6, 6.07) is 5.70. The number of likely N-dealkylation sites (tertiary alicyclic amines) is 1. The lowest BCUT2D eigenvalue weighted by atomic mass is 9.99. The molecule has 6 nitrogen and oxygen atoms in total. The third-order valence-corrected chi connectivity index (χ3v) is 4.57. The van der Waals surface area contributed by atoms with Crippen LogP contribution in [0.25, 0.3) is 0 Å². The van der Waals surface area contributed by atoms with Crippen molar-refractivity contribution in [1.29, 1.82) is 0 Å². The summed E-state index contributed by atoms with van der Waals surface area (Å²) in [6.45, 7) is 1.96. The molecule has 2 amide bonds. The Bertz CT molecular complexity index is 564.